The lowest BCUT2D eigenvalue weighted by molar-refractivity contribution is 0.0751. The summed E-state index contributed by atoms with van der Waals surface area (Å²) < 4.78 is 0. The van der Waals surface area contributed by atoms with Crippen LogP contribution in [0.2, 0.25) is 0 Å². The SMILES string of the molecule is CCN(CC1CC1)C(=O)c1cn[nH]n1. The van der Waals surface area contributed by atoms with Crippen molar-refractivity contribution in [2.75, 3.05) is 13.1 Å². The van der Waals surface area contributed by atoms with Crippen molar-refractivity contribution < 1.29 is 4.79 Å². The molecule has 1 N–H and O–H groups in total. The van der Waals surface area contributed by atoms with E-state index in [4.69, 9.17) is 0 Å². The zero-order chi connectivity index (χ0) is 9.97. The van der Waals surface area contributed by atoms with Crippen LogP contribution in [0.3, 0.4) is 0 Å². The fraction of sp³-hybridized carbons (Fsp3) is 0.667. The second kappa shape index (κ2) is 3.77. The fourth-order valence-corrected chi connectivity index (χ4v) is 1.43. The largest absolute Gasteiger partial charge is 0.337 e. The van der Waals surface area contributed by atoms with E-state index >= 15 is 0 Å². The number of nitrogens with one attached hydrogen (secondary N) is 1. The van der Waals surface area contributed by atoms with Gasteiger partial charge in [0.25, 0.3) is 5.91 Å². The molecule has 1 aromatic heterocycles. The van der Waals surface area contributed by atoms with E-state index in [0.29, 0.717) is 11.6 Å². The number of amides is 1. The zero-order valence-corrected chi connectivity index (χ0v) is 8.23. The molecule has 0 aromatic carbocycles. The van der Waals surface area contributed by atoms with Gasteiger partial charge in [-0.15, -0.1) is 0 Å². The highest BCUT2D eigenvalue weighted by Crippen LogP contribution is 2.29. The van der Waals surface area contributed by atoms with E-state index in [1.165, 1.54) is 19.0 Å². The second-order valence-corrected chi connectivity index (χ2v) is 3.64. The van der Waals surface area contributed by atoms with Crippen LogP contribution >= 0.6 is 0 Å². The van der Waals surface area contributed by atoms with Crippen molar-refractivity contribution in [2.24, 2.45) is 5.92 Å². The molecule has 1 saturated carbocycles. The summed E-state index contributed by atoms with van der Waals surface area (Å²) in [5.41, 5.74) is 0.410. The summed E-state index contributed by atoms with van der Waals surface area (Å²) in [7, 11) is 0. The monoisotopic (exact) mass is 194 g/mol. The molecule has 0 saturated heterocycles. The zero-order valence-electron chi connectivity index (χ0n) is 8.23. The van der Waals surface area contributed by atoms with Gasteiger partial charge in [-0.05, 0) is 25.7 Å². The Kier molecular flexibility index (Phi) is 2.47. The Labute approximate surface area is 82.5 Å². The van der Waals surface area contributed by atoms with Gasteiger partial charge < -0.3 is 4.90 Å². The first kappa shape index (κ1) is 9.18. The molecule has 14 heavy (non-hydrogen) atoms. The van der Waals surface area contributed by atoms with Gasteiger partial charge in [0.2, 0.25) is 0 Å². The molecule has 2 rings (SSSR count). The lowest BCUT2D eigenvalue weighted by atomic mass is 10.3. The molecule has 1 amide bonds. The number of H-pyrrole nitrogens is 1. The average Bonchev–Trinajstić information content (AvgIpc) is 2.84. The van der Waals surface area contributed by atoms with Crippen LogP contribution in [0.1, 0.15) is 30.3 Å². The first-order valence-corrected chi connectivity index (χ1v) is 4.96. The van der Waals surface area contributed by atoms with Gasteiger partial charge in [0.15, 0.2) is 5.69 Å². The third-order valence-electron chi connectivity index (χ3n) is 2.48. The third-order valence-corrected chi connectivity index (χ3v) is 2.48. The number of carbonyl (C=O) groups is 1. The molecule has 1 fully saturated rings. The predicted octanol–water partition coefficient (Wildman–Crippen LogP) is 0.677. The molecular formula is C9H14N4O. The summed E-state index contributed by atoms with van der Waals surface area (Å²) >= 11 is 0. The second-order valence-electron chi connectivity index (χ2n) is 3.64. The summed E-state index contributed by atoms with van der Waals surface area (Å²) in [6.07, 6.45) is 3.98. The molecule has 1 aromatic rings. The van der Waals surface area contributed by atoms with E-state index < -0.39 is 0 Å². The Bertz CT molecular complexity index is 305. The highest BCUT2D eigenvalue weighted by Gasteiger charge is 2.27. The molecule has 0 aliphatic heterocycles. The van der Waals surface area contributed by atoms with E-state index in [0.717, 1.165) is 13.1 Å². The summed E-state index contributed by atoms with van der Waals surface area (Å²) in [6, 6.07) is 0. The Hall–Kier alpha value is -1.39. The van der Waals surface area contributed by atoms with Crippen molar-refractivity contribution in [1.29, 1.82) is 0 Å². The Morgan fingerprint density at radius 2 is 2.50 bits per heavy atom. The number of carbonyl (C=O) groups excluding carboxylic acids is 1. The minimum Gasteiger partial charge on any atom is -0.337 e. The van der Waals surface area contributed by atoms with Gasteiger partial charge in [-0.3, -0.25) is 4.79 Å². The minimum atomic E-state index is -0.0202. The van der Waals surface area contributed by atoms with Crippen molar-refractivity contribution in [1.82, 2.24) is 20.3 Å². The molecule has 0 atom stereocenters. The van der Waals surface area contributed by atoms with Crippen LogP contribution in [-0.2, 0) is 0 Å². The average molecular weight is 194 g/mol. The van der Waals surface area contributed by atoms with Gasteiger partial charge in [-0.25, -0.2) is 0 Å². The first-order valence-electron chi connectivity index (χ1n) is 4.96. The van der Waals surface area contributed by atoms with Gasteiger partial charge in [-0.2, -0.15) is 15.4 Å². The number of aromatic nitrogens is 3. The highest BCUT2D eigenvalue weighted by molar-refractivity contribution is 5.91. The van der Waals surface area contributed by atoms with Crippen LogP contribution in [0.25, 0.3) is 0 Å². The van der Waals surface area contributed by atoms with Crippen molar-refractivity contribution >= 4 is 5.91 Å². The predicted molar refractivity (Wildman–Crippen MR) is 50.7 cm³/mol. The molecule has 1 aliphatic rings. The number of hydrogen-bond acceptors (Lipinski definition) is 3. The lowest BCUT2D eigenvalue weighted by Gasteiger charge is -2.18. The van der Waals surface area contributed by atoms with Crippen LogP contribution in [0.5, 0.6) is 0 Å². The van der Waals surface area contributed by atoms with Crippen LogP contribution in [0, 0.1) is 5.92 Å². The molecule has 0 spiro atoms. The molecule has 0 unspecified atom stereocenters. The van der Waals surface area contributed by atoms with Crippen LogP contribution in [0.15, 0.2) is 6.20 Å². The lowest BCUT2D eigenvalue weighted by Crippen LogP contribution is -2.32. The van der Waals surface area contributed by atoms with Crippen molar-refractivity contribution in [3.05, 3.63) is 11.9 Å². The van der Waals surface area contributed by atoms with Crippen LogP contribution in [-0.4, -0.2) is 39.3 Å². The van der Waals surface area contributed by atoms with Crippen molar-refractivity contribution in [2.45, 2.75) is 19.8 Å². The molecule has 0 radical (unpaired) electrons. The quantitative estimate of drug-likeness (QED) is 0.766. The fourth-order valence-electron chi connectivity index (χ4n) is 1.43. The van der Waals surface area contributed by atoms with Gasteiger partial charge >= 0.3 is 0 Å². The Balaban J connectivity index is 1.99. The minimum absolute atomic E-state index is 0.0202. The van der Waals surface area contributed by atoms with E-state index in [-0.39, 0.29) is 5.91 Å². The maximum atomic E-state index is 11.8. The Morgan fingerprint density at radius 1 is 1.71 bits per heavy atom. The van der Waals surface area contributed by atoms with Crippen molar-refractivity contribution in [3.63, 3.8) is 0 Å². The maximum absolute atomic E-state index is 11.8. The molecule has 0 bridgehead atoms. The molecule has 5 heteroatoms. The number of hydrogen-bond donors (Lipinski definition) is 1. The smallest absolute Gasteiger partial charge is 0.276 e. The van der Waals surface area contributed by atoms with Gasteiger partial charge in [0.1, 0.15) is 0 Å². The number of aromatic amines is 1. The topological polar surface area (TPSA) is 61.9 Å². The molecule has 76 valence electrons. The molecular weight excluding hydrogens is 180 g/mol. The maximum Gasteiger partial charge on any atom is 0.276 e. The molecule has 1 aliphatic carbocycles. The normalized spacial score (nSPS) is 15.5. The standard InChI is InChI=1S/C9H14N4O/c1-2-13(6-7-3-4-7)9(14)8-5-10-12-11-8/h5,7H,2-4,6H2,1H3,(H,10,11,12). The van der Waals surface area contributed by atoms with Gasteiger partial charge in [0, 0.05) is 13.1 Å². The van der Waals surface area contributed by atoms with E-state index in [9.17, 15) is 4.79 Å². The van der Waals surface area contributed by atoms with Crippen molar-refractivity contribution in [3.8, 4) is 0 Å². The third kappa shape index (κ3) is 1.92. The molecule has 5 nitrogen and oxygen atoms in total. The first-order chi connectivity index (χ1) is 6.81. The van der Waals surface area contributed by atoms with E-state index in [1.54, 1.807) is 0 Å². The van der Waals surface area contributed by atoms with E-state index in [2.05, 4.69) is 15.4 Å². The van der Waals surface area contributed by atoms with Crippen LogP contribution < -0.4 is 0 Å². The number of nitrogens with zero attached hydrogens (tertiary/aromatic N) is 3. The van der Waals surface area contributed by atoms with Gasteiger partial charge in [0.05, 0.1) is 6.20 Å². The van der Waals surface area contributed by atoms with Gasteiger partial charge in [-0.1, -0.05) is 0 Å². The van der Waals surface area contributed by atoms with E-state index in [1.807, 2.05) is 11.8 Å². The highest BCUT2D eigenvalue weighted by atomic mass is 16.2. The number of rotatable bonds is 4. The van der Waals surface area contributed by atoms with Crippen LogP contribution in [0.4, 0.5) is 0 Å². The summed E-state index contributed by atoms with van der Waals surface area (Å²) in [6.45, 7) is 3.59. The summed E-state index contributed by atoms with van der Waals surface area (Å²) in [5.74, 6) is 0.693. The molecule has 1 heterocycles. The summed E-state index contributed by atoms with van der Waals surface area (Å²) in [5, 5.41) is 9.87. The Morgan fingerprint density at radius 3 is 3.00 bits per heavy atom. The summed E-state index contributed by atoms with van der Waals surface area (Å²) in [4.78, 5) is 13.6.